The Labute approximate surface area is 111 Å². The first-order valence-electron chi connectivity index (χ1n) is 6.29. The lowest BCUT2D eigenvalue weighted by atomic mass is 10.0. The number of aromatic nitrogens is 1. The van der Waals surface area contributed by atoms with Crippen molar-refractivity contribution in [3.63, 3.8) is 0 Å². The maximum Gasteiger partial charge on any atom is 0.146 e. The molecule has 100 valence electrons. The number of likely N-dealkylation sites (N-methyl/N-ethyl adjacent to an activating group) is 1. The Morgan fingerprint density at radius 1 is 1.16 bits per heavy atom. The number of benzene rings is 1. The van der Waals surface area contributed by atoms with Gasteiger partial charge in [0.05, 0.1) is 11.7 Å². The van der Waals surface area contributed by atoms with E-state index in [0.717, 1.165) is 5.56 Å². The van der Waals surface area contributed by atoms with E-state index in [0.29, 0.717) is 18.7 Å². The summed E-state index contributed by atoms with van der Waals surface area (Å²) >= 11 is 0. The molecule has 19 heavy (non-hydrogen) atoms. The Balaban J connectivity index is 2.21. The molecule has 0 aliphatic heterocycles. The van der Waals surface area contributed by atoms with E-state index in [-0.39, 0.29) is 17.7 Å². The average molecular weight is 262 g/mol. The predicted octanol–water partition coefficient (Wildman–Crippen LogP) is 3.25. The van der Waals surface area contributed by atoms with E-state index >= 15 is 0 Å². The van der Waals surface area contributed by atoms with Crippen molar-refractivity contribution in [3.8, 4) is 0 Å². The molecule has 1 atom stereocenters. The van der Waals surface area contributed by atoms with E-state index in [4.69, 9.17) is 0 Å². The zero-order valence-electron chi connectivity index (χ0n) is 10.7. The third-order valence-corrected chi connectivity index (χ3v) is 2.92. The van der Waals surface area contributed by atoms with Gasteiger partial charge in [0.1, 0.15) is 11.6 Å². The fourth-order valence-corrected chi connectivity index (χ4v) is 2.02. The lowest BCUT2D eigenvalue weighted by Gasteiger charge is -2.18. The molecule has 0 amide bonds. The first-order valence-corrected chi connectivity index (χ1v) is 6.29. The van der Waals surface area contributed by atoms with Crippen molar-refractivity contribution in [2.75, 3.05) is 6.54 Å². The first-order chi connectivity index (χ1) is 9.20. The van der Waals surface area contributed by atoms with Gasteiger partial charge >= 0.3 is 0 Å². The second-order valence-electron chi connectivity index (χ2n) is 4.31. The van der Waals surface area contributed by atoms with Crippen LogP contribution in [0.2, 0.25) is 0 Å². The summed E-state index contributed by atoms with van der Waals surface area (Å²) in [6.07, 6.45) is 2.15. The molecule has 1 aromatic heterocycles. The van der Waals surface area contributed by atoms with Gasteiger partial charge in [-0.25, -0.2) is 8.78 Å². The smallest absolute Gasteiger partial charge is 0.146 e. The maximum atomic E-state index is 13.8. The molecule has 2 aromatic rings. The number of nitrogens with zero attached hydrogens (tertiary/aromatic N) is 1. The van der Waals surface area contributed by atoms with E-state index in [9.17, 15) is 8.78 Å². The predicted molar refractivity (Wildman–Crippen MR) is 70.7 cm³/mol. The lowest BCUT2D eigenvalue weighted by Crippen LogP contribution is -2.25. The van der Waals surface area contributed by atoms with Gasteiger partial charge in [-0.15, -0.1) is 0 Å². The topological polar surface area (TPSA) is 24.9 Å². The van der Waals surface area contributed by atoms with Gasteiger partial charge < -0.3 is 5.32 Å². The number of rotatable bonds is 5. The summed E-state index contributed by atoms with van der Waals surface area (Å²) in [5.41, 5.74) is 1.34. The van der Waals surface area contributed by atoms with Crippen molar-refractivity contribution >= 4 is 0 Å². The Bertz CT molecular complexity index is 526. The minimum Gasteiger partial charge on any atom is -0.309 e. The Morgan fingerprint density at radius 2 is 1.89 bits per heavy atom. The molecular formula is C15H16F2N2. The van der Waals surface area contributed by atoms with Crippen LogP contribution in [0.5, 0.6) is 0 Å². The van der Waals surface area contributed by atoms with E-state index in [1.54, 1.807) is 24.4 Å². The molecule has 4 heteroatoms. The van der Waals surface area contributed by atoms with Crippen molar-refractivity contribution in [1.82, 2.24) is 10.3 Å². The molecule has 0 fully saturated rings. The SMILES string of the molecule is CCNC(Cc1ccc(F)cc1)c1ncccc1F. The van der Waals surface area contributed by atoms with Gasteiger partial charge in [-0.3, -0.25) is 4.98 Å². The molecule has 1 heterocycles. The van der Waals surface area contributed by atoms with Crippen LogP contribution in [0.25, 0.3) is 0 Å². The van der Waals surface area contributed by atoms with Crippen LogP contribution in [0.15, 0.2) is 42.6 Å². The second-order valence-corrected chi connectivity index (χ2v) is 4.31. The monoisotopic (exact) mass is 262 g/mol. The highest BCUT2D eigenvalue weighted by Gasteiger charge is 2.16. The minimum absolute atomic E-state index is 0.211. The van der Waals surface area contributed by atoms with E-state index < -0.39 is 0 Å². The third-order valence-electron chi connectivity index (χ3n) is 2.92. The number of hydrogen-bond donors (Lipinski definition) is 1. The van der Waals surface area contributed by atoms with Crippen LogP contribution in [0.1, 0.15) is 24.2 Å². The first kappa shape index (κ1) is 13.6. The number of pyridine rings is 1. The van der Waals surface area contributed by atoms with Gasteiger partial charge in [0.25, 0.3) is 0 Å². The molecular weight excluding hydrogens is 246 g/mol. The van der Waals surface area contributed by atoms with Gasteiger partial charge in [-0.2, -0.15) is 0 Å². The van der Waals surface area contributed by atoms with Crippen LogP contribution >= 0.6 is 0 Å². The minimum atomic E-state index is -0.324. The fourth-order valence-electron chi connectivity index (χ4n) is 2.02. The van der Waals surface area contributed by atoms with Gasteiger partial charge in [0.2, 0.25) is 0 Å². The second kappa shape index (κ2) is 6.38. The number of nitrogens with one attached hydrogen (secondary N) is 1. The summed E-state index contributed by atoms with van der Waals surface area (Å²) in [6, 6.07) is 9.00. The molecule has 0 bridgehead atoms. The lowest BCUT2D eigenvalue weighted by molar-refractivity contribution is 0.494. The van der Waals surface area contributed by atoms with Gasteiger partial charge in [-0.1, -0.05) is 19.1 Å². The van der Waals surface area contributed by atoms with E-state index in [2.05, 4.69) is 10.3 Å². The molecule has 0 radical (unpaired) electrons. The van der Waals surface area contributed by atoms with Crippen molar-refractivity contribution in [3.05, 3.63) is 65.5 Å². The van der Waals surface area contributed by atoms with Crippen LogP contribution in [0.4, 0.5) is 8.78 Å². The largest absolute Gasteiger partial charge is 0.309 e. The summed E-state index contributed by atoms with van der Waals surface area (Å²) < 4.78 is 26.6. The van der Waals surface area contributed by atoms with Crippen molar-refractivity contribution in [2.24, 2.45) is 0 Å². The van der Waals surface area contributed by atoms with Crippen molar-refractivity contribution in [2.45, 2.75) is 19.4 Å². The molecule has 0 aliphatic rings. The molecule has 0 saturated carbocycles. The molecule has 2 nitrogen and oxygen atoms in total. The quantitative estimate of drug-likeness (QED) is 0.894. The Kier molecular flexibility index (Phi) is 4.58. The highest BCUT2D eigenvalue weighted by atomic mass is 19.1. The van der Waals surface area contributed by atoms with Gasteiger partial charge in [-0.05, 0) is 42.8 Å². The molecule has 2 rings (SSSR count). The Morgan fingerprint density at radius 3 is 2.53 bits per heavy atom. The van der Waals surface area contributed by atoms with E-state index in [1.165, 1.54) is 18.2 Å². The zero-order valence-corrected chi connectivity index (χ0v) is 10.7. The van der Waals surface area contributed by atoms with Gasteiger partial charge in [0.15, 0.2) is 0 Å². The number of halogens is 2. The van der Waals surface area contributed by atoms with Crippen LogP contribution in [-0.4, -0.2) is 11.5 Å². The van der Waals surface area contributed by atoms with Crippen LogP contribution in [0.3, 0.4) is 0 Å². The average Bonchev–Trinajstić information content (AvgIpc) is 2.41. The summed E-state index contributed by atoms with van der Waals surface area (Å²) in [6.45, 7) is 2.67. The normalized spacial score (nSPS) is 12.4. The summed E-state index contributed by atoms with van der Waals surface area (Å²) in [4.78, 5) is 4.10. The van der Waals surface area contributed by atoms with Crippen LogP contribution < -0.4 is 5.32 Å². The third kappa shape index (κ3) is 3.58. The summed E-state index contributed by atoms with van der Waals surface area (Å²) in [5, 5.41) is 3.21. The molecule has 0 saturated heterocycles. The maximum absolute atomic E-state index is 13.8. The van der Waals surface area contributed by atoms with Gasteiger partial charge in [0, 0.05) is 6.20 Å². The number of hydrogen-bond acceptors (Lipinski definition) is 2. The Hall–Kier alpha value is -1.81. The fraction of sp³-hybridized carbons (Fsp3) is 0.267. The van der Waals surface area contributed by atoms with Crippen molar-refractivity contribution < 1.29 is 8.78 Å². The molecule has 1 N–H and O–H groups in total. The molecule has 1 unspecified atom stereocenters. The summed E-state index contributed by atoms with van der Waals surface area (Å²) in [5.74, 6) is -0.594. The zero-order chi connectivity index (χ0) is 13.7. The highest BCUT2D eigenvalue weighted by Crippen LogP contribution is 2.19. The molecule has 1 aromatic carbocycles. The molecule has 0 spiro atoms. The van der Waals surface area contributed by atoms with E-state index in [1.807, 2.05) is 6.92 Å². The highest BCUT2D eigenvalue weighted by molar-refractivity contribution is 5.21. The van der Waals surface area contributed by atoms with Crippen LogP contribution in [-0.2, 0) is 6.42 Å². The molecule has 0 aliphatic carbocycles. The summed E-state index contributed by atoms with van der Waals surface area (Å²) in [7, 11) is 0. The standard InChI is InChI=1S/C15H16F2N2/c1-2-18-14(15-13(17)4-3-9-19-15)10-11-5-7-12(16)8-6-11/h3-9,14,18H,2,10H2,1H3. The van der Waals surface area contributed by atoms with Crippen molar-refractivity contribution in [1.29, 1.82) is 0 Å². The van der Waals surface area contributed by atoms with Crippen LogP contribution in [0, 0.1) is 11.6 Å².